The smallest absolute Gasteiger partial charge is 0.238 e. The fourth-order valence-corrected chi connectivity index (χ4v) is 4.47. The van der Waals surface area contributed by atoms with Gasteiger partial charge in [0.05, 0.1) is 5.25 Å². The molecule has 0 aromatic carbocycles. The first-order valence-corrected chi connectivity index (χ1v) is 9.20. The van der Waals surface area contributed by atoms with Gasteiger partial charge in [0.1, 0.15) is 21.4 Å². The van der Waals surface area contributed by atoms with Gasteiger partial charge in [-0.15, -0.1) is 11.3 Å². The maximum Gasteiger partial charge on any atom is 0.238 e. The highest BCUT2D eigenvalue weighted by Gasteiger charge is 2.21. The van der Waals surface area contributed by atoms with Crippen LogP contribution in [0, 0.1) is 27.7 Å². The molecule has 0 aliphatic heterocycles. The molecule has 1 atom stereocenters. The maximum atomic E-state index is 12.4. The van der Waals surface area contributed by atoms with Crippen LogP contribution in [-0.4, -0.2) is 26.3 Å². The van der Waals surface area contributed by atoms with E-state index in [1.807, 2.05) is 13.8 Å². The van der Waals surface area contributed by atoms with Gasteiger partial charge in [-0.2, -0.15) is 0 Å². The molecule has 3 heterocycles. The number of nitrogens with zero attached hydrogens (tertiary/aromatic N) is 3. The van der Waals surface area contributed by atoms with Gasteiger partial charge in [-0.05, 0) is 40.2 Å². The van der Waals surface area contributed by atoms with E-state index in [4.69, 9.17) is 4.52 Å². The number of aromatic nitrogens is 3. The molecule has 3 rings (SSSR count). The van der Waals surface area contributed by atoms with Crippen LogP contribution in [0.5, 0.6) is 0 Å². The number of nitrogens with one attached hydrogen (secondary N) is 1. The molecule has 0 fully saturated rings. The summed E-state index contributed by atoms with van der Waals surface area (Å²) in [5.41, 5.74) is 1.18. The third-order valence-corrected chi connectivity index (χ3v) is 5.83. The SMILES string of the molecule is Cc1nc(S[C@@H](C)C(=O)Nc2cc(C)on2)c2c(C)c(C)sc2n1. The Morgan fingerprint density at radius 1 is 1.29 bits per heavy atom. The van der Waals surface area contributed by atoms with Crippen molar-refractivity contribution in [1.29, 1.82) is 0 Å². The minimum Gasteiger partial charge on any atom is -0.360 e. The van der Waals surface area contributed by atoms with Crippen LogP contribution in [0.3, 0.4) is 0 Å². The third kappa shape index (κ3) is 3.29. The van der Waals surface area contributed by atoms with E-state index in [-0.39, 0.29) is 11.2 Å². The Morgan fingerprint density at radius 2 is 2.04 bits per heavy atom. The van der Waals surface area contributed by atoms with Crippen LogP contribution in [0.15, 0.2) is 15.6 Å². The van der Waals surface area contributed by atoms with Crippen molar-refractivity contribution in [3.8, 4) is 0 Å². The predicted molar refractivity (Wildman–Crippen MR) is 96.8 cm³/mol. The minimum absolute atomic E-state index is 0.137. The Labute approximate surface area is 148 Å². The van der Waals surface area contributed by atoms with Crippen molar-refractivity contribution in [2.45, 2.75) is 44.9 Å². The molecular formula is C16H18N4O2S2. The molecule has 0 bridgehead atoms. The van der Waals surface area contributed by atoms with Gasteiger partial charge in [0, 0.05) is 16.3 Å². The highest BCUT2D eigenvalue weighted by Crippen LogP contribution is 2.36. The topological polar surface area (TPSA) is 80.9 Å². The molecule has 1 amide bonds. The first-order valence-electron chi connectivity index (χ1n) is 7.50. The van der Waals surface area contributed by atoms with Crippen molar-refractivity contribution >= 4 is 45.0 Å². The third-order valence-electron chi connectivity index (χ3n) is 3.64. The average molecular weight is 362 g/mol. The maximum absolute atomic E-state index is 12.4. The van der Waals surface area contributed by atoms with E-state index in [1.165, 1.54) is 22.2 Å². The van der Waals surface area contributed by atoms with Crippen LogP contribution in [0.25, 0.3) is 10.2 Å². The second-order valence-corrected chi connectivity index (χ2v) is 8.14. The van der Waals surface area contributed by atoms with Crippen LogP contribution >= 0.6 is 23.1 Å². The van der Waals surface area contributed by atoms with Crippen molar-refractivity contribution in [3.63, 3.8) is 0 Å². The van der Waals surface area contributed by atoms with Gasteiger partial charge in [-0.1, -0.05) is 16.9 Å². The number of hydrogen-bond donors (Lipinski definition) is 1. The van der Waals surface area contributed by atoms with Crippen LogP contribution in [0.2, 0.25) is 0 Å². The lowest BCUT2D eigenvalue weighted by atomic mass is 10.2. The quantitative estimate of drug-likeness (QED) is 0.557. The lowest BCUT2D eigenvalue weighted by Gasteiger charge is -2.11. The summed E-state index contributed by atoms with van der Waals surface area (Å²) in [6, 6.07) is 1.69. The molecule has 126 valence electrons. The van der Waals surface area contributed by atoms with E-state index < -0.39 is 0 Å². The molecule has 1 N–H and O–H groups in total. The standard InChI is InChI=1S/C16H18N4O2S2/c1-7-6-12(20-22-7)19-14(21)10(4)24-16-13-8(2)9(3)23-15(13)17-11(5)18-16/h6,10H,1-5H3,(H,19,20,21)/t10-/m0/s1. The van der Waals surface area contributed by atoms with Gasteiger partial charge >= 0.3 is 0 Å². The molecule has 0 aliphatic carbocycles. The number of aryl methyl sites for hydroxylation is 4. The molecule has 0 saturated heterocycles. The summed E-state index contributed by atoms with van der Waals surface area (Å²) >= 11 is 3.09. The van der Waals surface area contributed by atoms with Crippen molar-refractivity contribution in [1.82, 2.24) is 15.1 Å². The number of carbonyl (C=O) groups is 1. The Bertz CT molecular complexity index is 916. The number of carbonyl (C=O) groups excluding carboxylic acids is 1. The summed E-state index contributed by atoms with van der Waals surface area (Å²) in [6.07, 6.45) is 0. The summed E-state index contributed by atoms with van der Waals surface area (Å²) in [5, 5.41) is 8.12. The average Bonchev–Trinajstić information content (AvgIpc) is 3.02. The van der Waals surface area contributed by atoms with E-state index in [0.717, 1.165) is 15.2 Å². The molecule has 0 spiro atoms. The van der Waals surface area contributed by atoms with Crippen molar-refractivity contribution in [2.75, 3.05) is 5.32 Å². The minimum atomic E-state index is -0.320. The van der Waals surface area contributed by atoms with Crippen molar-refractivity contribution < 1.29 is 9.32 Å². The normalized spacial score (nSPS) is 12.5. The summed E-state index contributed by atoms with van der Waals surface area (Å²) in [4.78, 5) is 23.6. The van der Waals surface area contributed by atoms with E-state index >= 15 is 0 Å². The Morgan fingerprint density at radius 3 is 2.71 bits per heavy atom. The zero-order chi connectivity index (χ0) is 17.4. The number of amides is 1. The zero-order valence-corrected chi connectivity index (χ0v) is 15.8. The number of fused-ring (bicyclic) bond motifs is 1. The molecule has 3 aromatic heterocycles. The molecular weight excluding hydrogens is 344 g/mol. The van der Waals surface area contributed by atoms with Gasteiger partial charge < -0.3 is 9.84 Å². The Kier molecular flexibility index (Phi) is 4.60. The second kappa shape index (κ2) is 6.52. The van der Waals surface area contributed by atoms with Gasteiger partial charge in [0.15, 0.2) is 5.82 Å². The fourth-order valence-electron chi connectivity index (χ4n) is 2.27. The van der Waals surface area contributed by atoms with Crippen molar-refractivity contribution in [2.24, 2.45) is 0 Å². The van der Waals surface area contributed by atoms with Gasteiger partial charge in [0.2, 0.25) is 5.91 Å². The number of thioether (sulfide) groups is 1. The Balaban J connectivity index is 1.84. The van der Waals surface area contributed by atoms with Crippen LogP contribution in [-0.2, 0) is 4.79 Å². The zero-order valence-electron chi connectivity index (χ0n) is 14.1. The van der Waals surface area contributed by atoms with Crippen LogP contribution in [0.4, 0.5) is 5.82 Å². The molecule has 24 heavy (non-hydrogen) atoms. The molecule has 0 saturated carbocycles. The molecule has 0 aliphatic rings. The van der Waals surface area contributed by atoms with Crippen LogP contribution in [0.1, 0.15) is 28.9 Å². The number of anilines is 1. The molecule has 8 heteroatoms. The summed E-state index contributed by atoms with van der Waals surface area (Å²) < 4.78 is 4.96. The lowest BCUT2D eigenvalue weighted by molar-refractivity contribution is -0.115. The van der Waals surface area contributed by atoms with Gasteiger partial charge in [-0.3, -0.25) is 4.79 Å². The lowest BCUT2D eigenvalue weighted by Crippen LogP contribution is -2.22. The molecule has 0 unspecified atom stereocenters. The molecule has 0 radical (unpaired) electrons. The molecule has 3 aromatic rings. The first-order chi connectivity index (χ1) is 11.3. The van der Waals surface area contributed by atoms with E-state index in [1.54, 1.807) is 24.3 Å². The summed E-state index contributed by atoms with van der Waals surface area (Å²) in [5.74, 6) is 1.66. The van der Waals surface area contributed by atoms with Crippen molar-refractivity contribution in [3.05, 3.63) is 28.1 Å². The Hall–Kier alpha value is -1.93. The van der Waals surface area contributed by atoms with Crippen LogP contribution < -0.4 is 5.32 Å². The van der Waals surface area contributed by atoms with E-state index in [0.29, 0.717) is 17.4 Å². The fraction of sp³-hybridized carbons (Fsp3) is 0.375. The number of hydrogen-bond acceptors (Lipinski definition) is 7. The number of thiophene rings is 1. The second-order valence-electron chi connectivity index (χ2n) is 5.61. The van der Waals surface area contributed by atoms with Gasteiger partial charge in [0.25, 0.3) is 0 Å². The predicted octanol–water partition coefficient (Wildman–Crippen LogP) is 4.03. The largest absolute Gasteiger partial charge is 0.360 e. The highest BCUT2D eigenvalue weighted by atomic mass is 32.2. The summed E-state index contributed by atoms with van der Waals surface area (Å²) in [7, 11) is 0. The highest BCUT2D eigenvalue weighted by molar-refractivity contribution is 8.00. The monoisotopic (exact) mass is 362 g/mol. The molecule has 6 nitrogen and oxygen atoms in total. The van der Waals surface area contributed by atoms with E-state index in [2.05, 4.69) is 34.3 Å². The first kappa shape index (κ1) is 16.9. The summed E-state index contributed by atoms with van der Waals surface area (Å²) in [6.45, 7) is 9.65. The van der Waals surface area contributed by atoms with Gasteiger partial charge in [-0.25, -0.2) is 9.97 Å². The van der Waals surface area contributed by atoms with E-state index in [9.17, 15) is 4.79 Å². The number of rotatable bonds is 4.